The van der Waals surface area contributed by atoms with Crippen molar-refractivity contribution in [2.45, 2.75) is 82.5 Å². The Morgan fingerprint density at radius 1 is 0.905 bits per heavy atom. The predicted molar refractivity (Wildman–Crippen MR) is 226 cm³/mol. The molecule has 6 amide bonds. The number of amides is 6. The minimum atomic E-state index is -4.71. The topological polar surface area (TPSA) is 194 Å². The highest BCUT2D eigenvalue weighted by Gasteiger charge is 2.45. The summed E-state index contributed by atoms with van der Waals surface area (Å²) in [4.78, 5) is 91.0. The second kappa shape index (κ2) is 17.4. The van der Waals surface area contributed by atoms with E-state index < -0.39 is 58.7 Å². The summed E-state index contributed by atoms with van der Waals surface area (Å²) in [5, 5.41) is 20.0. The van der Waals surface area contributed by atoms with Crippen molar-refractivity contribution in [2.75, 3.05) is 49.9 Å². The van der Waals surface area contributed by atoms with Gasteiger partial charge in [0.05, 0.1) is 32.0 Å². The molecule has 1 aliphatic carbocycles. The quantitative estimate of drug-likeness (QED) is 0.110. The largest absolute Gasteiger partial charge is 0.433 e. The number of thiazole rings is 1. The molecule has 4 aromatic rings. The molecule has 15 nitrogen and oxygen atoms in total. The highest BCUT2D eigenvalue weighted by atomic mass is 32.1. The fraction of sp³-hybridized carbons (Fsp3) is 0.455. The Kier molecular flexibility index (Phi) is 12.1. The van der Waals surface area contributed by atoms with Crippen LogP contribution in [0.1, 0.15) is 112 Å². The minimum Gasteiger partial charge on any atom is -0.386 e. The number of carbonyl (C=O) groups is 6. The van der Waals surface area contributed by atoms with E-state index in [4.69, 9.17) is 4.98 Å². The SMILES string of the molecule is CC(C)(O)c1cc2nc([C@H]3CC[C@H](C(=O)N4CCN(CCCNc5cccc6c5C(=O)N(C5CCC(=O)NC5=O)C6=O)CC4)CC3)sc2cc1NC(=O)c1cccc(C(F)(F)F)n1. The molecule has 1 saturated carbocycles. The molecule has 4 N–H and O–H groups in total. The number of benzene rings is 2. The van der Waals surface area contributed by atoms with E-state index in [2.05, 4.69) is 25.8 Å². The van der Waals surface area contributed by atoms with Crippen molar-refractivity contribution in [3.8, 4) is 0 Å². The van der Waals surface area contributed by atoms with E-state index in [1.807, 2.05) is 4.90 Å². The van der Waals surface area contributed by atoms with Crippen molar-refractivity contribution >= 4 is 68.4 Å². The molecule has 2 aromatic carbocycles. The number of piperidine rings is 1. The lowest BCUT2D eigenvalue weighted by Gasteiger charge is -2.37. The van der Waals surface area contributed by atoms with Crippen molar-refractivity contribution < 1.29 is 47.0 Å². The van der Waals surface area contributed by atoms with Crippen LogP contribution in [-0.2, 0) is 26.2 Å². The molecule has 8 rings (SSSR count). The van der Waals surface area contributed by atoms with Crippen LogP contribution in [0.15, 0.2) is 48.5 Å². The molecule has 2 aromatic heterocycles. The van der Waals surface area contributed by atoms with Crippen LogP contribution in [0.25, 0.3) is 10.2 Å². The molecule has 0 spiro atoms. The molecule has 3 aliphatic heterocycles. The van der Waals surface area contributed by atoms with Crippen LogP contribution in [0.2, 0.25) is 0 Å². The smallest absolute Gasteiger partial charge is 0.386 e. The number of rotatable bonds is 11. The van der Waals surface area contributed by atoms with Gasteiger partial charge < -0.3 is 20.6 Å². The zero-order valence-electron chi connectivity index (χ0n) is 34.7. The third-order valence-electron chi connectivity index (χ3n) is 12.3. The summed E-state index contributed by atoms with van der Waals surface area (Å²) in [6.07, 6.45) is -0.855. The molecule has 5 heterocycles. The Bertz CT molecular complexity index is 2490. The second-order valence-electron chi connectivity index (χ2n) is 17.0. The van der Waals surface area contributed by atoms with Crippen LogP contribution in [0, 0.1) is 5.92 Å². The maximum atomic E-state index is 13.7. The van der Waals surface area contributed by atoms with E-state index in [-0.39, 0.29) is 47.4 Å². The lowest BCUT2D eigenvalue weighted by molar-refractivity contribution is -0.141. The number of nitrogens with one attached hydrogen (secondary N) is 3. The fourth-order valence-electron chi connectivity index (χ4n) is 8.91. The highest BCUT2D eigenvalue weighted by molar-refractivity contribution is 7.18. The molecule has 0 bridgehead atoms. The first-order valence-corrected chi connectivity index (χ1v) is 21.9. The van der Waals surface area contributed by atoms with Crippen LogP contribution in [0.4, 0.5) is 24.5 Å². The highest BCUT2D eigenvalue weighted by Crippen LogP contribution is 2.42. The molecule has 63 heavy (non-hydrogen) atoms. The number of alkyl halides is 3. The van der Waals surface area contributed by atoms with Crippen LogP contribution in [0.5, 0.6) is 0 Å². The summed E-state index contributed by atoms with van der Waals surface area (Å²) in [5.41, 5.74) is -0.816. The van der Waals surface area contributed by atoms with E-state index in [9.17, 15) is 47.0 Å². The first kappa shape index (κ1) is 43.8. The van der Waals surface area contributed by atoms with Gasteiger partial charge >= 0.3 is 6.18 Å². The first-order chi connectivity index (χ1) is 30.0. The van der Waals surface area contributed by atoms with Crippen molar-refractivity contribution in [1.82, 2.24) is 30.0 Å². The molecular formula is C44H47F3N8O7S. The molecule has 0 radical (unpaired) electrons. The zero-order valence-corrected chi connectivity index (χ0v) is 35.5. The number of fused-ring (bicyclic) bond motifs is 2. The third-order valence-corrected chi connectivity index (χ3v) is 13.4. The standard InChI is InChI=1S/C44H47F3N8O7S/c1-43(2,62)27-22-31-33(23-30(27)50-37(57)29-8-4-9-34(49-29)44(45,46)47)63-39(51-31)24-10-12-25(13-11-24)40(59)54-20-18-53(19-21-54)17-5-16-48-28-7-3-6-26-36(28)42(61)55(41(26)60)32-14-15-35(56)52-38(32)58/h3-4,6-9,22-25,32,48,62H,5,10-21H2,1-2H3,(H,50,57)(H,52,56,58)/t24-,25-,32?. The van der Waals surface area contributed by atoms with Gasteiger partial charge in [0.15, 0.2) is 0 Å². The van der Waals surface area contributed by atoms with Gasteiger partial charge in [0.25, 0.3) is 17.7 Å². The number of aliphatic hydroxyl groups is 1. The van der Waals surface area contributed by atoms with Crippen molar-refractivity contribution in [3.05, 3.63) is 81.6 Å². The number of hydrogen-bond acceptors (Lipinski definition) is 12. The lowest BCUT2D eigenvalue weighted by atomic mass is 9.81. The Hall–Kier alpha value is -5.79. The molecule has 4 aliphatic rings. The number of aromatic nitrogens is 2. The average Bonchev–Trinajstić information content (AvgIpc) is 3.79. The van der Waals surface area contributed by atoms with E-state index in [0.29, 0.717) is 49.2 Å². The van der Waals surface area contributed by atoms with Crippen molar-refractivity contribution in [1.29, 1.82) is 0 Å². The predicted octanol–water partition coefficient (Wildman–Crippen LogP) is 5.51. The van der Waals surface area contributed by atoms with Crippen LogP contribution in [0.3, 0.4) is 0 Å². The van der Waals surface area contributed by atoms with Gasteiger partial charge in [-0.1, -0.05) is 12.1 Å². The van der Waals surface area contributed by atoms with E-state index in [1.165, 1.54) is 17.4 Å². The Morgan fingerprint density at radius 2 is 1.63 bits per heavy atom. The number of pyridine rings is 1. The fourth-order valence-corrected chi connectivity index (χ4v) is 10.1. The first-order valence-electron chi connectivity index (χ1n) is 21.1. The maximum absolute atomic E-state index is 13.7. The molecule has 1 atom stereocenters. The summed E-state index contributed by atoms with van der Waals surface area (Å²) >= 11 is 1.45. The molecule has 332 valence electrons. The maximum Gasteiger partial charge on any atom is 0.433 e. The van der Waals surface area contributed by atoms with Crippen molar-refractivity contribution in [3.63, 3.8) is 0 Å². The van der Waals surface area contributed by atoms with Gasteiger partial charge in [-0.05, 0) is 95.3 Å². The normalized spacial score (nSPS) is 21.1. The van der Waals surface area contributed by atoms with Gasteiger partial charge in [-0.15, -0.1) is 11.3 Å². The number of nitrogens with zero attached hydrogens (tertiary/aromatic N) is 5. The second-order valence-corrected chi connectivity index (χ2v) is 18.1. The number of anilines is 2. The van der Waals surface area contributed by atoms with Gasteiger partial charge in [-0.25, -0.2) is 9.97 Å². The summed E-state index contributed by atoms with van der Waals surface area (Å²) in [6, 6.07) is 10.4. The molecule has 19 heteroatoms. The Balaban J connectivity index is 0.808. The van der Waals surface area contributed by atoms with E-state index >= 15 is 0 Å². The minimum absolute atomic E-state index is 0.0500. The number of hydrogen-bond donors (Lipinski definition) is 4. The Labute approximate surface area is 364 Å². The summed E-state index contributed by atoms with van der Waals surface area (Å²) in [7, 11) is 0. The molecular weight excluding hydrogens is 842 g/mol. The van der Waals surface area contributed by atoms with E-state index in [1.54, 1.807) is 44.2 Å². The molecule has 1 unspecified atom stereocenters. The molecule has 3 fully saturated rings. The summed E-state index contributed by atoms with van der Waals surface area (Å²) in [5.74, 6) is -2.84. The van der Waals surface area contributed by atoms with Crippen LogP contribution >= 0.6 is 11.3 Å². The van der Waals surface area contributed by atoms with Gasteiger partial charge in [0, 0.05) is 67.9 Å². The van der Waals surface area contributed by atoms with Gasteiger partial charge in [0.2, 0.25) is 17.7 Å². The summed E-state index contributed by atoms with van der Waals surface area (Å²) in [6.45, 7) is 7.10. The van der Waals surface area contributed by atoms with Gasteiger partial charge in [-0.3, -0.25) is 43.9 Å². The average molecular weight is 889 g/mol. The zero-order chi connectivity index (χ0) is 44.8. The van der Waals surface area contributed by atoms with Crippen LogP contribution < -0.4 is 16.0 Å². The number of imide groups is 2. The van der Waals surface area contributed by atoms with Gasteiger partial charge in [0.1, 0.15) is 17.4 Å². The third kappa shape index (κ3) is 9.17. The van der Waals surface area contributed by atoms with Crippen LogP contribution in [-0.4, -0.2) is 111 Å². The monoisotopic (exact) mass is 888 g/mol. The van der Waals surface area contributed by atoms with Gasteiger partial charge in [-0.2, -0.15) is 13.2 Å². The lowest BCUT2D eigenvalue weighted by Crippen LogP contribution is -2.54. The molecule has 2 saturated heterocycles. The Morgan fingerprint density at radius 3 is 2.33 bits per heavy atom. The van der Waals surface area contributed by atoms with E-state index in [0.717, 1.165) is 65.6 Å². The summed E-state index contributed by atoms with van der Waals surface area (Å²) < 4.78 is 40.5. The number of carbonyl (C=O) groups excluding carboxylic acids is 6. The number of halogens is 3. The van der Waals surface area contributed by atoms with Crippen molar-refractivity contribution in [2.24, 2.45) is 5.92 Å². The number of piperazine rings is 1.